The van der Waals surface area contributed by atoms with Gasteiger partial charge in [0.05, 0.1) is 13.2 Å². The topological polar surface area (TPSA) is 58.6 Å². The van der Waals surface area contributed by atoms with Gasteiger partial charge >= 0.3 is 0 Å². The van der Waals surface area contributed by atoms with Gasteiger partial charge in [-0.25, -0.2) is 12.8 Å². The van der Waals surface area contributed by atoms with Gasteiger partial charge in [-0.05, 0) is 29.1 Å². The van der Waals surface area contributed by atoms with Crippen molar-refractivity contribution >= 4 is 21.4 Å². The molecule has 3 rings (SSSR count). The quantitative estimate of drug-likeness (QED) is 0.913. The van der Waals surface area contributed by atoms with Crippen molar-refractivity contribution in [2.75, 3.05) is 26.7 Å². The van der Waals surface area contributed by atoms with Gasteiger partial charge in [-0.3, -0.25) is 0 Å². The summed E-state index contributed by atoms with van der Waals surface area (Å²) < 4.78 is 46.4. The monoisotopic (exact) mass is 356 g/mol. The lowest BCUT2D eigenvalue weighted by Crippen LogP contribution is -2.48. The van der Waals surface area contributed by atoms with Crippen LogP contribution in [0.25, 0.3) is 0 Å². The van der Waals surface area contributed by atoms with Gasteiger partial charge in [-0.2, -0.15) is 4.31 Å². The van der Waals surface area contributed by atoms with Crippen LogP contribution >= 0.6 is 11.3 Å². The summed E-state index contributed by atoms with van der Waals surface area (Å²) in [7, 11) is -2.26. The molecule has 2 aromatic rings. The molecule has 0 radical (unpaired) electrons. The second-order valence-corrected chi connectivity index (χ2v) is 8.17. The fourth-order valence-electron chi connectivity index (χ4n) is 2.70. The third-order valence-corrected chi connectivity index (χ3v) is 7.12. The Morgan fingerprint density at radius 1 is 1.39 bits per heavy atom. The van der Waals surface area contributed by atoms with Crippen molar-refractivity contribution in [3.8, 4) is 5.75 Å². The van der Waals surface area contributed by atoms with Gasteiger partial charge in [0.2, 0.25) is 0 Å². The Kier molecular flexibility index (Phi) is 4.67. The lowest BCUT2D eigenvalue weighted by atomic mass is 10.1. The molecule has 1 unspecified atom stereocenters. The third-order valence-electron chi connectivity index (χ3n) is 3.79. The number of rotatable bonds is 4. The summed E-state index contributed by atoms with van der Waals surface area (Å²) in [5.74, 6) is -0.0364. The van der Waals surface area contributed by atoms with Crippen molar-refractivity contribution in [2.45, 2.75) is 10.3 Å². The molecule has 23 heavy (non-hydrogen) atoms. The molecule has 0 bridgehead atoms. The van der Waals surface area contributed by atoms with E-state index in [0.717, 1.165) is 11.3 Å². The van der Waals surface area contributed by atoms with E-state index in [-0.39, 0.29) is 10.0 Å². The molecule has 2 heterocycles. The highest BCUT2D eigenvalue weighted by molar-refractivity contribution is 7.91. The molecular formula is C15H17FN2O3S2. The van der Waals surface area contributed by atoms with Gasteiger partial charge in [0, 0.05) is 19.6 Å². The number of methoxy groups -OCH3 is 1. The fraction of sp³-hybridized carbons (Fsp3) is 0.333. The van der Waals surface area contributed by atoms with E-state index in [1.807, 2.05) is 0 Å². The highest BCUT2D eigenvalue weighted by Crippen LogP contribution is 2.36. The van der Waals surface area contributed by atoms with E-state index in [0.29, 0.717) is 30.9 Å². The minimum atomic E-state index is -3.71. The van der Waals surface area contributed by atoms with Crippen molar-refractivity contribution in [2.24, 2.45) is 0 Å². The normalized spacial score (nSPS) is 19.7. The summed E-state index contributed by atoms with van der Waals surface area (Å²) in [4.78, 5) is 0. The first-order valence-electron chi connectivity index (χ1n) is 7.13. The largest absolute Gasteiger partial charge is 0.494 e. The molecule has 0 spiro atoms. The standard InChI is InChI=1S/C15H17FN2O3S2/c1-21-14-5-8-22-15(14)23(19,20)18-7-6-17-10-13(18)11-3-2-4-12(16)9-11/h2-5,8-9,13,17H,6-7,10H2,1H3. The molecule has 1 fully saturated rings. The van der Waals surface area contributed by atoms with Gasteiger partial charge in [0.1, 0.15) is 11.6 Å². The zero-order chi connectivity index (χ0) is 16.4. The third kappa shape index (κ3) is 3.12. The van der Waals surface area contributed by atoms with Crippen LogP contribution in [0.2, 0.25) is 0 Å². The summed E-state index contributed by atoms with van der Waals surface area (Å²) >= 11 is 1.13. The van der Waals surface area contributed by atoms with Gasteiger partial charge in [-0.15, -0.1) is 11.3 Å². The van der Waals surface area contributed by atoms with Crippen LogP contribution in [0.5, 0.6) is 5.75 Å². The van der Waals surface area contributed by atoms with E-state index >= 15 is 0 Å². The van der Waals surface area contributed by atoms with Crippen molar-refractivity contribution in [1.29, 1.82) is 0 Å². The van der Waals surface area contributed by atoms with Gasteiger partial charge in [0.25, 0.3) is 10.0 Å². The Bertz CT molecular complexity index is 792. The number of nitrogens with zero attached hydrogens (tertiary/aromatic N) is 1. The maximum atomic E-state index is 13.5. The Morgan fingerprint density at radius 2 is 2.22 bits per heavy atom. The first kappa shape index (κ1) is 16.4. The first-order valence-corrected chi connectivity index (χ1v) is 9.45. The first-order chi connectivity index (χ1) is 11.0. The molecule has 8 heteroatoms. The predicted molar refractivity (Wildman–Crippen MR) is 86.8 cm³/mol. The second-order valence-electron chi connectivity index (χ2n) is 5.17. The number of nitrogens with one attached hydrogen (secondary N) is 1. The summed E-state index contributed by atoms with van der Waals surface area (Å²) in [5, 5.41) is 4.86. The predicted octanol–water partition coefficient (Wildman–Crippen LogP) is 2.23. The van der Waals surface area contributed by atoms with Crippen molar-refractivity contribution in [3.63, 3.8) is 0 Å². The fourth-order valence-corrected chi connectivity index (χ4v) is 5.71. The lowest BCUT2D eigenvalue weighted by Gasteiger charge is -2.35. The Balaban J connectivity index is 2.01. The second kappa shape index (κ2) is 6.56. The lowest BCUT2D eigenvalue weighted by molar-refractivity contribution is 0.270. The van der Waals surface area contributed by atoms with Crippen molar-refractivity contribution in [3.05, 3.63) is 47.1 Å². The van der Waals surface area contributed by atoms with Crippen LogP contribution in [0.1, 0.15) is 11.6 Å². The SMILES string of the molecule is COc1ccsc1S(=O)(=O)N1CCNCC1c1cccc(F)c1. The molecule has 1 atom stereocenters. The number of benzene rings is 1. The molecule has 1 saturated heterocycles. The molecule has 1 aromatic carbocycles. The highest BCUT2D eigenvalue weighted by Gasteiger charge is 2.36. The Hall–Kier alpha value is -1.48. The van der Waals surface area contributed by atoms with Gasteiger partial charge < -0.3 is 10.1 Å². The van der Waals surface area contributed by atoms with Gasteiger partial charge in [0.15, 0.2) is 4.21 Å². The van der Waals surface area contributed by atoms with Crippen LogP contribution in [0, 0.1) is 5.82 Å². The van der Waals surface area contributed by atoms with Crippen molar-refractivity contribution < 1.29 is 17.5 Å². The minimum Gasteiger partial charge on any atom is -0.494 e. The Morgan fingerprint density at radius 3 is 2.96 bits per heavy atom. The van der Waals surface area contributed by atoms with E-state index < -0.39 is 16.1 Å². The number of hydrogen-bond acceptors (Lipinski definition) is 5. The van der Waals surface area contributed by atoms with Crippen LogP contribution < -0.4 is 10.1 Å². The highest BCUT2D eigenvalue weighted by atomic mass is 32.2. The van der Waals surface area contributed by atoms with Gasteiger partial charge in [-0.1, -0.05) is 12.1 Å². The molecule has 0 saturated carbocycles. The zero-order valence-corrected chi connectivity index (χ0v) is 14.2. The summed E-state index contributed by atoms with van der Waals surface area (Å²) in [6.07, 6.45) is 0. The number of thiophene rings is 1. The number of halogens is 1. The average molecular weight is 356 g/mol. The number of hydrogen-bond donors (Lipinski definition) is 1. The number of ether oxygens (including phenoxy) is 1. The van der Waals surface area contributed by atoms with Crippen LogP contribution in [-0.2, 0) is 10.0 Å². The van der Waals surface area contributed by atoms with E-state index in [2.05, 4.69) is 5.32 Å². The minimum absolute atomic E-state index is 0.184. The molecule has 1 aromatic heterocycles. The summed E-state index contributed by atoms with van der Waals surface area (Å²) in [6.45, 7) is 1.32. The van der Waals surface area contributed by atoms with E-state index in [4.69, 9.17) is 4.74 Å². The van der Waals surface area contributed by atoms with Crippen molar-refractivity contribution in [1.82, 2.24) is 9.62 Å². The molecule has 0 amide bonds. The van der Waals surface area contributed by atoms with Crippen LogP contribution in [0.3, 0.4) is 0 Å². The molecule has 124 valence electrons. The number of sulfonamides is 1. The molecule has 1 aliphatic rings. The number of piperazine rings is 1. The molecule has 1 N–H and O–H groups in total. The maximum absolute atomic E-state index is 13.5. The van der Waals surface area contributed by atoms with Crippen LogP contribution in [0.4, 0.5) is 4.39 Å². The smallest absolute Gasteiger partial charge is 0.256 e. The van der Waals surface area contributed by atoms with E-state index in [1.54, 1.807) is 23.6 Å². The molecule has 0 aliphatic carbocycles. The zero-order valence-electron chi connectivity index (χ0n) is 12.5. The summed E-state index contributed by atoms with van der Waals surface area (Å²) in [6, 6.07) is 7.25. The Labute approximate surface area is 138 Å². The average Bonchev–Trinajstić information content (AvgIpc) is 3.04. The van der Waals surface area contributed by atoms with E-state index in [1.165, 1.54) is 23.5 Å². The molecule has 5 nitrogen and oxygen atoms in total. The van der Waals surface area contributed by atoms with E-state index in [9.17, 15) is 12.8 Å². The summed E-state index contributed by atoms with van der Waals surface area (Å²) in [5.41, 5.74) is 0.635. The van der Waals surface area contributed by atoms with Crippen LogP contribution in [0.15, 0.2) is 39.9 Å². The molecule has 1 aliphatic heterocycles. The van der Waals surface area contributed by atoms with Crippen LogP contribution in [-0.4, -0.2) is 39.5 Å². The molecular weight excluding hydrogens is 339 g/mol. The maximum Gasteiger partial charge on any atom is 0.256 e.